The molecule has 2 atom stereocenters. The van der Waals surface area contributed by atoms with Crippen LogP contribution in [0.25, 0.3) is 10.9 Å². The summed E-state index contributed by atoms with van der Waals surface area (Å²) in [5.74, 6) is -0.334. The molecule has 5 rings (SSSR count). The van der Waals surface area contributed by atoms with Gasteiger partial charge in [0.2, 0.25) is 0 Å². The van der Waals surface area contributed by atoms with Crippen LogP contribution in [-0.2, 0) is 5.44 Å². The normalized spacial score (nSPS) is 13.4. The maximum atomic E-state index is 13.7. The van der Waals surface area contributed by atoms with E-state index < -0.39 is 5.44 Å². The second-order valence-corrected chi connectivity index (χ2v) is 9.55. The van der Waals surface area contributed by atoms with Crippen LogP contribution < -0.4 is 10.6 Å². The molecule has 3 N–H and O–H groups in total. The summed E-state index contributed by atoms with van der Waals surface area (Å²) in [4.78, 5) is 4.48. The molecular weight excluding hydrogens is 500 g/mol. The van der Waals surface area contributed by atoms with Gasteiger partial charge in [0.15, 0.2) is 0 Å². The summed E-state index contributed by atoms with van der Waals surface area (Å²) < 4.78 is 13.7. The van der Waals surface area contributed by atoms with Crippen molar-refractivity contribution in [1.29, 1.82) is 5.26 Å². The van der Waals surface area contributed by atoms with Crippen molar-refractivity contribution in [3.8, 4) is 6.07 Å². The van der Waals surface area contributed by atoms with Gasteiger partial charge in [-0.25, -0.2) is 4.39 Å². The lowest BCUT2D eigenvalue weighted by molar-refractivity contribution is 0.625. The summed E-state index contributed by atoms with van der Waals surface area (Å²) >= 11 is 6.74. The summed E-state index contributed by atoms with van der Waals surface area (Å²) in [6.45, 7) is 2.09. The van der Waals surface area contributed by atoms with Crippen LogP contribution in [0.5, 0.6) is 0 Å². The second-order valence-electron chi connectivity index (χ2n) is 9.14. The third kappa shape index (κ3) is 4.78. The Kier molecular flexibility index (Phi) is 6.99. The number of halogens is 2. The van der Waals surface area contributed by atoms with Crippen LogP contribution in [0, 0.1) is 17.1 Å². The molecule has 0 bridgehead atoms. The van der Waals surface area contributed by atoms with Gasteiger partial charge < -0.3 is 10.6 Å². The minimum atomic E-state index is -0.873. The van der Waals surface area contributed by atoms with E-state index in [1.165, 1.54) is 12.1 Å². The van der Waals surface area contributed by atoms with Crippen molar-refractivity contribution < 1.29 is 4.39 Å². The van der Waals surface area contributed by atoms with Crippen molar-refractivity contribution in [2.75, 3.05) is 10.6 Å². The zero-order chi connectivity index (χ0) is 26.7. The van der Waals surface area contributed by atoms with Crippen molar-refractivity contribution in [1.82, 2.24) is 20.4 Å². The van der Waals surface area contributed by atoms with E-state index >= 15 is 0 Å². The zero-order valence-corrected chi connectivity index (χ0v) is 21.6. The average Bonchev–Trinajstić information content (AvgIpc) is 3.48. The molecule has 7 nitrogen and oxygen atoms in total. The second kappa shape index (κ2) is 10.5. The molecule has 2 aromatic heterocycles. The van der Waals surface area contributed by atoms with E-state index in [-0.39, 0.29) is 11.9 Å². The van der Waals surface area contributed by atoms with Gasteiger partial charge in [-0.2, -0.15) is 5.26 Å². The molecule has 0 aliphatic rings. The number of nitriles is 1. The Balaban J connectivity index is 1.63. The van der Waals surface area contributed by atoms with E-state index in [0.717, 1.165) is 17.5 Å². The highest BCUT2D eigenvalue weighted by atomic mass is 35.5. The van der Waals surface area contributed by atoms with Crippen LogP contribution in [0.2, 0.25) is 5.02 Å². The zero-order valence-electron chi connectivity index (χ0n) is 20.8. The van der Waals surface area contributed by atoms with E-state index in [4.69, 9.17) is 11.6 Å². The first-order valence-electron chi connectivity index (χ1n) is 12.2. The molecule has 10 heteroatoms. The van der Waals surface area contributed by atoms with Gasteiger partial charge in [0, 0.05) is 23.5 Å². The highest BCUT2D eigenvalue weighted by Gasteiger charge is 2.32. The summed E-state index contributed by atoms with van der Waals surface area (Å²) in [6.07, 6.45) is 4.03. The lowest BCUT2D eigenvalue weighted by Crippen LogP contribution is -2.37. The number of aromatic nitrogens is 4. The number of aromatic amines is 1. The minimum absolute atomic E-state index is 0.0242. The Morgan fingerprint density at radius 2 is 1.92 bits per heavy atom. The fraction of sp³-hybridized carbons (Fsp3) is 0.143. The van der Waals surface area contributed by atoms with E-state index in [0.29, 0.717) is 38.6 Å². The molecular formula is C28H24BClFN7. The van der Waals surface area contributed by atoms with Gasteiger partial charge >= 0.3 is 0 Å². The van der Waals surface area contributed by atoms with Crippen molar-refractivity contribution in [3.63, 3.8) is 0 Å². The quantitative estimate of drug-likeness (QED) is 0.231. The van der Waals surface area contributed by atoms with Crippen molar-refractivity contribution in [2.24, 2.45) is 0 Å². The highest BCUT2D eigenvalue weighted by Crippen LogP contribution is 2.38. The molecule has 5 aromatic rings. The van der Waals surface area contributed by atoms with Gasteiger partial charge in [-0.15, -0.1) is 5.10 Å². The molecule has 0 radical (unpaired) electrons. The van der Waals surface area contributed by atoms with Crippen LogP contribution in [0.3, 0.4) is 0 Å². The molecule has 0 spiro atoms. The number of nitrogens with one attached hydrogen (secondary N) is 3. The fourth-order valence-electron chi connectivity index (χ4n) is 4.65. The number of benzene rings is 3. The molecule has 0 amide bonds. The first kappa shape index (κ1) is 25.2. The number of hydrogen-bond acceptors (Lipinski definition) is 6. The Bertz CT molecular complexity index is 1610. The summed E-state index contributed by atoms with van der Waals surface area (Å²) in [5.41, 5.74) is 3.94. The predicted octanol–water partition coefficient (Wildman–Crippen LogP) is 5.53. The molecule has 0 saturated carbocycles. The van der Waals surface area contributed by atoms with Gasteiger partial charge in [0.25, 0.3) is 0 Å². The van der Waals surface area contributed by atoms with E-state index in [1.807, 2.05) is 32.1 Å². The first-order valence-corrected chi connectivity index (χ1v) is 12.6. The standard InChI is InChI=1S/C28H24BClFN7/c1-2-24(17-6-4-3-5-7-17)35-26-18(14-32)15-33-27-22(26)12-21(13-23(27)30)36-28(29,25-16-34-38-37-25)19-8-10-20(31)11-9-19/h3-13,15-16,24,36H,2,29H2,1H3,(H,33,35)(H,34,37,38)/t24-,28?/m1/s1. The lowest BCUT2D eigenvalue weighted by atomic mass is 9.69. The van der Waals surface area contributed by atoms with Crippen LogP contribution in [0.1, 0.15) is 41.8 Å². The minimum Gasteiger partial charge on any atom is -0.378 e. The molecule has 0 saturated heterocycles. The Hall–Kier alpha value is -4.42. The average molecular weight is 524 g/mol. The van der Waals surface area contributed by atoms with Crippen LogP contribution >= 0.6 is 11.6 Å². The highest BCUT2D eigenvalue weighted by molar-refractivity contribution is 6.36. The first-order chi connectivity index (χ1) is 18.4. The molecule has 0 fully saturated rings. The number of rotatable bonds is 8. The van der Waals surface area contributed by atoms with Crippen molar-refractivity contribution in [2.45, 2.75) is 24.8 Å². The Labute approximate surface area is 225 Å². The molecule has 38 heavy (non-hydrogen) atoms. The SMILES string of the molecule is BC(Nc1cc(Cl)c2ncc(C#N)c(N[C@H](CC)c3ccccc3)c2c1)(c1ccc(F)cc1)c1c[nH]nn1. The van der Waals surface area contributed by atoms with Gasteiger partial charge in [-0.3, -0.25) is 10.1 Å². The van der Waals surface area contributed by atoms with Gasteiger partial charge in [-0.05, 0) is 41.8 Å². The largest absolute Gasteiger partial charge is 0.378 e. The molecule has 3 aromatic carbocycles. The summed E-state index contributed by atoms with van der Waals surface area (Å²) in [6, 6.07) is 22.2. The smallest absolute Gasteiger partial charge is 0.148 e. The molecule has 0 aliphatic carbocycles. The maximum absolute atomic E-state index is 13.7. The van der Waals surface area contributed by atoms with Gasteiger partial charge in [0.1, 0.15) is 25.4 Å². The third-order valence-electron chi connectivity index (χ3n) is 6.72. The Morgan fingerprint density at radius 3 is 2.58 bits per heavy atom. The number of nitrogens with zero attached hydrogens (tertiary/aromatic N) is 4. The fourth-order valence-corrected chi connectivity index (χ4v) is 4.92. The third-order valence-corrected chi connectivity index (χ3v) is 7.01. The van der Waals surface area contributed by atoms with Gasteiger partial charge in [0.05, 0.1) is 33.3 Å². The summed E-state index contributed by atoms with van der Waals surface area (Å²) in [7, 11) is 1.93. The maximum Gasteiger partial charge on any atom is 0.148 e. The number of hydrogen-bond donors (Lipinski definition) is 3. The Morgan fingerprint density at radius 1 is 1.16 bits per heavy atom. The molecule has 1 unspecified atom stereocenters. The molecule has 2 heterocycles. The lowest BCUT2D eigenvalue weighted by Gasteiger charge is -2.31. The van der Waals surface area contributed by atoms with Gasteiger partial charge in [-0.1, -0.05) is 66.2 Å². The topological polar surface area (TPSA) is 102 Å². The number of anilines is 2. The van der Waals surface area contributed by atoms with Crippen molar-refractivity contribution >= 4 is 41.7 Å². The van der Waals surface area contributed by atoms with E-state index in [9.17, 15) is 9.65 Å². The number of fused-ring (bicyclic) bond motifs is 1. The van der Waals surface area contributed by atoms with Crippen molar-refractivity contribution in [3.05, 3.63) is 112 Å². The predicted molar refractivity (Wildman–Crippen MR) is 150 cm³/mol. The monoisotopic (exact) mass is 523 g/mol. The van der Waals surface area contributed by atoms with Crippen LogP contribution in [0.4, 0.5) is 15.8 Å². The van der Waals surface area contributed by atoms with Crippen LogP contribution in [-0.4, -0.2) is 28.2 Å². The number of H-pyrrole nitrogens is 1. The van der Waals surface area contributed by atoms with E-state index in [2.05, 4.69) is 56.2 Å². The molecule has 188 valence electrons. The van der Waals surface area contributed by atoms with Crippen LogP contribution in [0.15, 0.2) is 79.1 Å². The number of pyridine rings is 1. The molecule has 0 aliphatic heterocycles. The van der Waals surface area contributed by atoms with E-state index in [1.54, 1.807) is 30.6 Å². The summed E-state index contributed by atoms with van der Waals surface area (Å²) in [5, 5.41) is 29.0.